The molecule has 1 fully saturated rings. The Bertz CT molecular complexity index is 1200. The largest absolute Gasteiger partial charge is 0.497 e. The molecule has 8 nitrogen and oxygen atoms in total. The lowest BCUT2D eigenvalue weighted by molar-refractivity contribution is 0.271. The quantitative estimate of drug-likeness (QED) is 0.537. The average Bonchev–Trinajstić information content (AvgIpc) is 3.15. The first kappa shape index (κ1) is 22.5. The monoisotopic (exact) mass is 458 g/mol. The minimum atomic E-state index is -3.71. The maximum atomic E-state index is 13.4. The molecule has 3 heterocycles. The van der Waals surface area contributed by atoms with Crippen LogP contribution in [0.5, 0.6) is 11.5 Å². The summed E-state index contributed by atoms with van der Waals surface area (Å²) in [7, 11) is -0.725. The molecule has 0 atom stereocenters. The first-order valence-electron chi connectivity index (χ1n) is 10.9. The molecule has 0 bridgehead atoms. The van der Waals surface area contributed by atoms with Crippen LogP contribution in [0.1, 0.15) is 38.6 Å². The van der Waals surface area contributed by atoms with Gasteiger partial charge in [-0.15, -0.1) is 0 Å². The first-order valence-corrected chi connectivity index (χ1v) is 12.3. The molecule has 0 radical (unpaired) electrons. The standard InChI is InChI=1S/C23H30N4O4S/c1-16(2)14-22-25-19-6-5-11-24-23(19)27(22)17-9-12-26(13-10-17)32(28,29)21-15-18(30-3)7-8-20(21)31-4/h5-8,11,15-17H,9-10,12-14H2,1-4H3. The molecular formula is C23H30N4O4S. The normalized spacial score (nSPS) is 16.0. The Morgan fingerprint density at radius 3 is 2.53 bits per heavy atom. The fourth-order valence-corrected chi connectivity index (χ4v) is 5.98. The molecule has 172 valence electrons. The summed E-state index contributed by atoms with van der Waals surface area (Å²) in [5, 5.41) is 0. The molecular weight excluding hydrogens is 428 g/mol. The summed E-state index contributed by atoms with van der Waals surface area (Å²) >= 11 is 0. The van der Waals surface area contributed by atoms with Crippen LogP contribution < -0.4 is 9.47 Å². The number of pyridine rings is 1. The third-order valence-electron chi connectivity index (χ3n) is 5.89. The summed E-state index contributed by atoms with van der Waals surface area (Å²) in [6.07, 6.45) is 4.03. The fourth-order valence-electron chi connectivity index (χ4n) is 4.33. The van der Waals surface area contributed by atoms with Crippen LogP contribution in [0.3, 0.4) is 0 Å². The second-order valence-corrected chi connectivity index (χ2v) is 10.4. The van der Waals surface area contributed by atoms with Gasteiger partial charge in [-0.1, -0.05) is 13.8 Å². The van der Waals surface area contributed by atoms with Gasteiger partial charge >= 0.3 is 0 Å². The second-order valence-electron chi connectivity index (χ2n) is 8.49. The highest BCUT2D eigenvalue weighted by Crippen LogP contribution is 2.35. The average molecular weight is 459 g/mol. The Hall–Kier alpha value is -2.65. The van der Waals surface area contributed by atoms with Gasteiger partial charge in [0.15, 0.2) is 5.65 Å². The summed E-state index contributed by atoms with van der Waals surface area (Å²) in [5.41, 5.74) is 1.76. The topological polar surface area (TPSA) is 86.5 Å². The summed E-state index contributed by atoms with van der Waals surface area (Å²) in [4.78, 5) is 9.54. The summed E-state index contributed by atoms with van der Waals surface area (Å²) in [6.45, 7) is 5.18. The number of aromatic nitrogens is 3. The van der Waals surface area contributed by atoms with E-state index in [4.69, 9.17) is 14.5 Å². The number of methoxy groups -OCH3 is 2. The van der Waals surface area contributed by atoms with Gasteiger partial charge in [-0.25, -0.2) is 18.4 Å². The molecule has 1 aliphatic rings. The molecule has 1 saturated heterocycles. The molecule has 0 N–H and O–H groups in total. The molecule has 0 unspecified atom stereocenters. The minimum Gasteiger partial charge on any atom is -0.497 e. The molecule has 2 aromatic heterocycles. The summed E-state index contributed by atoms with van der Waals surface area (Å²) in [6, 6.07) is 8.88. The zero-order valence-electron chi connectivity index (χ0n) is 19.0. The van der Waals surface area contributed by atoms with Gasteiger partial charge in [-0.3, -0.25) is 0 Å². The number of nitrogens with zero attached hydrogens (tertiary/aromatic N) is 4. The molecule has 0 amide bonds. The van der Waals surface area contributed by atoms with Crippen molar-refractivity contribution < 1.29 is 17.9 Å². The van der Waals surface area contributed by atoms with E-state index in [2.05, 4.69) is 23.4 Å². The van der Waals surface area contributed by atoms with Crippen LogP contribution in [0, 0.1) is 5.92 Å². The lowest BCUT2D eigenvalue weighted by atomic mass is 10.1. The number of piperidine rings is 1. The number of rotatable bonds is 7. The predicted octanol–water partition coefficient (Wildman–Crippen LogP) is 3.67. The van der Waals surface area contributed by atoms with E-state index in [0.29, 0.717) is 43.3 Å². The number of sulfonamides is 1. The number of hydrogen-bond donors (Lipinski definition) is 0. The van der Waals surface area contributed by atoms with Gasteiger partial charge in [0, 0.05) is 37.8 Å². The van der Waals surface area contributed by atoms with Crippen molar-refractivity contribution >= 4 is 21.2 Å². The van der Waals surface area contributed by atoms with Gasteiger partial charge in [-0.05, 0) is 43.0 Å². The van der Waals surface area contributed by atoms with Crippen molar-refractivity contribution in [2.75, 3.05) is 27.3 Å². The van der Waals surface area contributed by atoms with Crippen molar-refractivity contribution in [3.63, 3.8) is 0 Å². The second kappa shape index (κ2) is 9.07. The van der Waals surface area contributed by atoms with E-state index in [1.807, 2.05) is 12.1 Å². The van der Waals surface area contributed by atoms with Gasteiger partial charge in [0.05, 0.1) is 14.2 Å². The van der Waals surface area contributed by atoms with E-state index >= 15 is 0 Å². The van der Waals surface area contributed by atoms with Crippen molar-refractivity contribution in [1.82, 2.24) is 18.8 Å². The Labute approximate surface area is 189 Å². The van der Waals surface area contributed by atoms with Gasteiger partial charge < -0.3 is 14.0 Å². The van der Waals surface area contributed by atoms with Crippen LogP contribution in [0.15, 0.2) is 41.4 Å². The van der Waals surface area contributed by atoms with Crippen molar-refractivity contribution in [1.29, 1.82) is 0 Å². The minimum absolute atomic E-state index is 0.132. The third-order valence-corrected chi connectivity index (χ3v) is 7.81. The number of hydrogen-bond acceptors (Lipinski definition) is 6. The van der Waals surface area contributed by atoms with Gasteiger partial charge in [0.2, 0.25) is 10.0 Å². The van der Waals surface area contributed by atoms with Crippen LogP contribution in [-0.2, 0) is 16.4 Å². The maximum absolute atomic E-state index is 13.4. The van der Waals surface area contributed by atoms with Crippen molar-refractivity contribution in [2.24, 2.45) is 5.92 Å². The number of ether oxygens (including phenoxy) is 2. The van der Waals surface area contributed by atoms with E-state index in [-0.39, 0.29) is 10.9 Å². The van der Waals surface area contributed by atoms with Gasteiger partial charge in [0.1, 0.15) is 27.7 Å². The highest BCUT2D eigenvalue weighted by atomic mass is 32.2. The summed E-state index contributed by atoms with van der Waals surface area (Å²) in [5.74, 6) is 2.28. The SMILES string of the molecule is COc1ccc(OC)c(S(=O)(=O)N2CCC(n3c(CC(C)C)nc4cccnc43)CC2)c1. The maximum Gasteiger partial charge on any atom is 0.246 e. The smallest absolute Gasteiger partial charge is 0.246 e. The molecule has 3 aromatic rings. The summed E-state index contributed by atoms with van der Waals surface area (Å²) < 4.78 is 41.1. The van der Waals surface area contributed by atoms with Crippen LogP contribution in [0.4, 0.5) is 0 Å². The lowest BCUT2D eigenvalue weighted by Crippen LogP contribution is -2.39. The molecule has 0 aliphatic carbocycles. The molecule has 0 saturated carbocycles. The van der Waals surface area contributed by atoms with Crippen LogP contribution in [0.2, 0.25) is 0 Å². The zero-order valence-corrected chi connectivity index (χ0v) is 19.8. The van der Waals surface area contributed by atoms with E-state index in [9.17, 15) is 8.42 Å². The Morgan fingerprint density at radius 2 is 1.88 bits per heavy atom. The number of imidazole rings is 1. The van der Waals surface area contributed by atoms with E-state index in [0.717, 1.165) is 23.4 Å². The molecule has 32 heavy (non-hydrogen) atoms. The van der Waals surface area contributed by atoms with Crippen molar-refractivity contribution in [2.45, 2.75) is 44.0 Å². The highest BCUT2D eigenvalue weighted by Gasteiger charge is 2.33. The number of benzene rings is 1. The van der Waals surface area contributed by atoms with E-state index < -0.39 is 10.0 Å². The fraction of sp³-hybridized carbons (Fsp3) is 0.478. The highest BCUT2D eigenvalue weighted by molar-refractivity contribution is 7.89. The van der Waals surface area contributed by atoms with Crippen LogP contribution in [0.25, 0.3) is 11.2 Å². The molecule has 1 aliphatic heterocycles. The molecule has 0 spiro atoms. The third kappa shape index (κ3) is 4.19. The van der Waals surface area contributed by atoms with Crippen LogP contribution >= 0.6 is 0 Å². The Kier molecular flexibility index (Phi) is 6.39. The molecule has 4 rings (SSSR count). The van der Waals surface area contributed by atoms with Crippen molar-refractivity contribution in [3.8, 4) is 11.5 Å². The first-order chi connectivity index (χ1) is 15.3. The van der Waals surface area contributed by atoms with E-state index in [1.165, 1.54) is 24.6 Å². The zero-order chi connectivity index (χ0) is 22.9. The Morgan fingerprint density at radius 1 is 1.12 bits per heavy atom. The van der Waals surface area contributed by atoms with Gasteiger partial charge in [-0.2, -0.15) is 4.31 Å². The van der Waals surface area contributed by atoms with Crippen LogP contribution in [-0.4, -0.2) is 54.6 Å². The predicted molar refractivity (Wildman–Crippen MR) is 123 cm³/mol. The number of fused-ring (bicyclic) bond motifs is 1. The van der Waals surface area contributed by atoms with Gasteiger partial charge in [0.25, 0.3) is 0 Å². The van der Waals surface area contributed by atoms with Crippen molar-refractivity contribution in [3.05, 3.63) is 42.4 Å². The Balaban J connectivity index is 1.60. The molecule has 9 heteroatoms. The van der Waals surface area contributed by atoms with E-state index in [1.54, 1.807) is 18.3 Å². The molecule has 1 aromatic carbocycles. The lowest BCUT2D eigenvalue weighted by Gasteiger charge is -2.33.